The standard InChI is InChI=1S/C48H84NO10P/c1-3-5-7-9-11-13-15-17-19-20-21-22-23-24-26-27-29-31-33-35-37-39-46(50)56-41-44(42-57-60(54,55)58-43-45(49)48(52)53)59-47(51)40-38-36-34-32-30-28-25-18-16-14-12-10-8-6-4-2/h19-20,22-23,26-28,30-31,33,44-45H,3-18,21,24-25,29,32,34-43,49H2,1-2H3,(H,52,53)(H,54,55)/b20-19+,23-22+,27-26+,30-28+,33-31+/t44-,45-/m0/s1. The summed E-state index contributed by atoms with van der Waals surface area (Å²) in [6.45, 7) is 2.73. The monoisotopic (exact) mass is 866 g/mol. The number of phosphoric ester groups is 1. The largest absolute Gasteiger partial charge is 0.480 e. The van der Waals surface area contributed by atoms with E-state index in [4.69, 9.17) is 24.8 Å². The van der Waals surface area contributed by atoms with Crippen LogP contribution in [0.25, 0.3) is 0 Å². The number of hydrogen-bond acceptors (Lipinski definition) is 9. The number of unbranched alkanes of at least 4 members (excludes halogenated alkanes) is 19. The number of carbonyl (C=O) groups excluding carboxylic acids is 2. The van der Waals surface area contributed by atoms with Crippen molar-refractivity contribution >= 4 is 25.7 Å². The average Bonchev–Trinajstić information content (AvgIpc) is 3.22. The molecule has 0 aliphatic carbocycles. The van der Waals surface area contributed by atoms with Crippen LogP contribution in [0.1, 0.15) is 194 Å². The normalized spacial score (nSPS) is 14.2. The predicted octanol–water partition coefficient (Wildman–Crippen LogP) is 12.7. The molecule has 11 nitrogen and oxygen atoms in total. The second kappa shape index (κ2) is 42.9. The fourth-order valence-electron chi connectivity index (χ4n) is 6.05. The van der Waals surface area contributed by atoms with Crippen molar-refractivity contribution < 1.29 is 47.5 Å². The van der Waals surface area contributed by atoms with Crippen LogP contribution in [0.2, 0.25) is 0 Å². The Hall–Kier alpha value is -2.82. The van der Waals surface area contributed by atoms with E-state index in [1.807, 2.05) is 6.08 Å². The zero-order valence-corrected chi connectivity index (χ0v) is 38.4. The van der Waals surface area contributed by atoms with Gasteiger partial charge in [-0.05, 0) is 77.0 Å². The Morgan fingerprint density at radius 1 is 0.517 bits per heavy atom. The third-order valence-electron chi connectivity index (χ3n) is 9.74. The van der Waals surface area contributed by atoms with Crippen LogP contribution in [0.15, 0.2) is 60.8 Å². The minimum absolute atomic E-state index is 0.127. The number of phosphoric acid groups is 1. The third-order valence-corrected chi connectivity index (χ3v) is 10.7. The Morgan fingerprint density at radius 3 is 1.38 bits per heavy atom. The van der Waals surface area contributed by atoms with Gasteiger partial charge in [0.25, 0.3) is 0 Å². The van der Waals surface area contributed by atoms with Crippen molar-refractivity contribution in [3.05, 3.63) is 60.8 Å². The number of carbonyl (C=O) groups is 3. The van der Waals surface area contributed by atoms with Crippen LogP contribution < -0.4 is 5.73 Å². The highest BCUT2D eigenvalue weighted by Crippen LogP contribution is 2.43. The van der Waals surface area contributed by atoms with Gasteiger partial charge in [0, 0.05) is 12.8 Å². The molecule has 3 atom stereocenters. The molecule has 0 fully saturated rings. The lowest BCUT2D eigenvalue weighted by molar-refractivity contribution is -0.161. The quantitative estimate of drug-likeness (QED) is 0.0230. The molecule has 1 unspecified atom stereocenters. The van der Waals surface area contributed by atoms with Gasteiger partial charge in [-0.15, -0.1) is 0 Å². The number of allylic oxidation sites excluding steroid dienone is 10. The van der Waals surface area contributed by atoms with E-state index in [0.717, 1.165) is 44.9 Å². The van der Waals surface area contributed by atoms with E-state index in [1.54, 1.807) is 0 Å². The van der Waals surface area contributed by atoms with Crippen LogP contribution in [-0.2, 0) is 37.5 Å². The highest BCUT2D eigenvalue weighted by atomic mass is 31.2. The average molecular weight is 866 g/mol. The maximum atomic E-state index is 12.6. The Balaban J connectivity index is 4.43. The van der Waals surface area contributed by atoms with Gasteiger partial charge in [0.2, 0.25) is 0 Å². The number of ether oxygens (including phenoxy) is 2. The van der Waals surface area contributed by atoms with Gasteiger partial charge in [-0.3, -0.25) is 23.4 Å². The molecule has 0 aliphatic rings. The van der Waals surface area contributed by atoms with Crippen molar-refractivity contribution in [3.8, 4) is 0 Å². The molecular formula is C48H84NO10P. The first kappa shape index (κ1) is 57.2. The highest BCUT2D eigenvalue weighted by Gasteiger charge is 2.28. The molecule has 0 aliphatic heterocycles. The molecule has 0 saturated carbocycles. The molecule has 0 radical (unpaired) electrons. The topological polar surface area (TPSA) is 172 Å². The number of nitrogens with two attached hydrogens (primary N) is 1. The van der Waals surface area contributed by atoms with E-state index in [0.29, 0.717) is 19.3 Å². The number of carboxylic acids is 1. The smallest absolute Gasteiger partial charge is 0.472 e. The molecule has 0 saturated heterocycles. The van der Waals surface area contributed by atoms with Gasteiger partial charge in [-0.2, -0.15) is 0 Å². The SMILES string of the molecule is CCCCCCCCC/C=C/C/C=C/C/C=C/C/C=C/CCCC(=O)OC[C@@H](COP(=O)(O)OC[C@H](N)C(=O)O)OC(=O)CCCCC/C=C/CCCCCCCCCC. The van der Waals surface area contributed by atoms with Crippen LogP contribution in [0.5, 0.6) is 0 Å². The molecule has 60 heavy (non-hydrogen) atoms. The molecule has 0 heterocycles. The molecular weight excluding hydrogens is 781 g/mol. The Bertz CT molecular complexity index is 1250. The summed E-state index contributed by atoms with van der Waals surface area (Å²) in [5.74, 6) is -2.47. The highest BCUT2D eigenvalue weighted by molar-refractivity contribution is 7.47. The molecule has 0 aromatic heterocycles. The molecule has 0 amide bonds. The van der Waals surface area contributed by atoms with Crippen molar-refractivity contribution in [1.29, 1.82) is 0 Å². The third kappa shape index (κ3) is 41.9. The van der Waals surface area contributed by atoms with Crippen LogP contribution in [0.3, 0.4) is 0 Å². The van der Waals surface area contributed by atoms with E-state index in [-0.39, 0.29) is 19.4 Å². The van der Waals surface area contributed by atoms with E-state index in [9.17, 15) is 23.8 Å². The van der Waals surface area contributed by atoms with Crippen molar-refractivity contribution in [2.45, 2.75) is 206 Å². The van der Waals surface area contributed by atoms with Crippen LogP contribution in [0.4, 0.5) is 0 Å². The zero-order chi connectivity index (χ0) is 44.2. The lowest BCUT2D eigenvalue weighted by atomic mass is 10.1. The molecule has 0 aromatic rings. The number of hydrogen-bond donors (Lipinski definition) is 3. The lowest BCUT2D eigenvalue weighted by Gasteiger charge is -2.20. The maximum absolute atomic E-state index is 12.6. The number of carboxylic acid groups (broad SMARTS) is 1. The molecule has 346 valence electrons. The first-order chi connectivity index (χ1) is 29.1. The molecule has 0 rings (SSSR count). The molecule has 4 N–H and O–H groups in total. The van der Waals surface area contributed by atoms with E-state index < -0.39 is 51.1 Å². The van der Waals surface area contributed by atoms with Crippen LogP contribution in [0, 0.1) is 0 Å². The molecule has 0 bridgehead atoms. The summed E-state index contributed by atoms with van der Waals surface area (Å²) in [6.07, 6.45) is 50.1. The second-order valence-electron chi connectivity index (χ2n) is 15.5. The van der Waals surface area contributed by atoms with Gasteiger partial charge >= 0.3 is 25.7 Å². The summed E-state index contributed by atoms with van der Waals surface area (Å²) in [7, 11) is -4.74. The minimum atomic E-state index is -4.74. The fraction of sp³-hybridized carbons (Fsp3) is 0.729. The second-order valence-corrected chi connectivity index (χ2v) is 17.0. The fourth-order valence-corrected chi connectivity index (χ4v) is 6.83. The van der Waals surface area contributed by atoms with Gasteiger partial charge in [0.1, 0.15) is 12.6 Å². The zero-order valence-electron chi connectivity index (χ0n) is 37.5. The van der Waals surface area contributed by atoms with Gasteiger partial charge in [0.05, 0.1) is 13.2 Å². The summed E-state index contributed by atoms with van der Waals surface area (Å²) in [6, 6.07) is -1.53. The minimum Gasteiger partial charge on any atom is -0.480 e. The van der Waals surface area contributed by atoms with Crippen molar-refractivity contribution in [3.63, 3.8) is 0 Å². The lowest BCUT2D eigenvalue weighted by Crippen LogP contribution is -2.34. The van der Waals surface area contributed by atoms with Gasteiger partial charge < -0.3 is 25.2 Å². The summed E-state index contributed by atoms with van der Waals surface area (Å²) >= 11 is 0. The molecule has 0 spiro atoms. The number of rotatable bonds is 43. The van der Waals surface area contributed by atoms with Gasteiger partial charge in [-0.25, -0.2) is 4.57 Å². The van der Waals surface area contributed by atoms with E-state index in [2.05, 4.69) is 73.1 Å². The Labute approximate surface area is 364 Å². The first-order valence-corrected chi connectivity index (χ1v) is 24.8. The van der Waals surface area contributed by atoms with E-state index >= 15 is 0 Å². The Kier molecular flexibility index (Phi) is 40.8. The van der Waals surface area contributed by atoms with Crippen molar-refractivity contribution in [2.75, 3.05) is 19.8 Å². The predicted molar refractivity (Wildman–Crippen MR) is 245 cm³/mol. The Morgan fingerprint density at radius 2 is 0.900 bits per heavy atom. The van der Waals surface area contributed by atoms with Gasteiger partial charge in [-0.1, -0.05) is 164 Å². The van der Waals surface area contributed by atoms with Crippen LogP contribution >= 0.6 is 7.82 Å². The summed E-state index contributed by atoms with van der Waals surface area (Å²) in [5, 5.41) is 8.90. The number of aliphatic carboxylic acids is 1. The summed E-state index contributed by atoms with van der Waals surface area (Å²) in [5.41, 5.74) is 5.33. The molecule has 0 aromatic carbocycles. The van der Waals surface area contributed by atoms with Crippen LogP contribution in [-0.4, -0.2) is 59.9 Å². The van der Waals surface area contributed by atoms with Crippen molar-refractivity contribution in [2.24, 2.45) is 5.73 Å². The maximum Gasteiger partial charge on any atom is 0.472 e. The van der Waals surface area contributed by atoms with E-state index in [1.165, 1.54) is 103 Å². The molecule has 12 heteroatoms. The van der Waals surface area contributed by atoms with Gasteiger partial charge in [0.15, 0.2) is 6.10 Å². The first-order valence-electron chi connectivity index (χ1n) is 23.3. The number of esters is 2. The summed E-state index contributed by atoms with van der Waals surface area (Å²) < 4.78 is 32.7. The van der Waals surface area contributed by atoms with Crippen molar-refractivity contribution in [1.82, 2.24) is 0 Å². The summed E-state index contributed by atoms with van der Waals surface area (Å²) in [4.78, 5) is 46.0.